The predicted molar refractivity (Wildman–Crippen MR) is 87.6 cm³/mol. The van der Waals surface area contributed by atoms with Crippen LogP contribution < -0.4 is 10.8 Å². The minimum atomic E-state index is -0.501. The number of nitrogens with zero attached hydrogens (tertiary/aromatic N) is 2. The number of benzene rings is 1. The third-order valence-electron chi connectivity index (χ3n) is 3.67. The Hall–Kier alpha value is -2.86. The molecule has 2 aromatic heterocycles. The Morgan fingerprint density at radius 2 is 1.96 bits per heavy atom. The number of aromatic nitrogens is 2. The van der Waals surface area contributed by atoms with Crippen molar-refractivity contribution in [2.45, 2.75) is 13.3 Å². The van der Waals surface area contributed by atoms with Crippen molar-refractivity contribution in [3.8, 4) is 0 Å². The topological polar surface area (TPSA) is 78.7 Å². The summed E-state index contributed by atoms with van der Waals surface area (Å²) in [6.07, 6.45) is 0.658. The van der Waals surface area contributed by atoms with E-state index in [4.69, 9.17) is 5.21 Å². The second kappa shape index (κ2) is 6.50. The van der Waals surface area contributed by atoms with Gasteiger partial charge in [-0.25, -0.2) is 10.5 Å². The molecule has 1 amide bonds. The van der Waals surface area contributed by atoms with Gasteiger partial charge in [0.25, 0.3) is 5.91 Å². The highest BCUT2D eigenvalue weighted by Gasteiger charge is 2.14. The summed E-state index contributed by atoms with van der Waals surface area (Å²) in [4.78, 5) is 16.0. The fraction of sp³-hybridized carbons (Fsp3) is 0.176. The summed E-state index contributed by atoms with van der Waals surface area (Å²) in [7, 11) is 0. The van der Waals surface area contributed by atoms with Gasteiger partial charge in [0.15, 0.2) is 0 Å². The first kappa shape index (κ1) is 15.1. The summed E-state index contributed by atoms with van der Waals surface area (Å²) >= 11 is 0. The lowest BCUT2D eigenvalue weighted by Crippen LogP contribution is -2.27. The molecule has 0 radical (unpaired) electrons. The highest BCUT2D eigenvalue weighted by atomic mass is 16.5. The molecule has 0 atom stereocenters. The maximum absolute atomic E-state index is 11.3. The maximum Gasteiger partial charge on any atom is 0.262 e. The van der Waals surface area contributed by atoms with E-state index in [1.807, 2.05) is 59.9 Å². The number of aryl methyl sites for hydroxylation is 1. The smallest absolute Gasteiger partial charge is 0.262 e. The van der Waals surface area contributed by atoms with Gasteiger partial charge in [0.1, 0.15) is 11.5 Å². The average molecular weight is 310 g/mol. The highest BCUT2D eigenvalue weighted by Crippen LogP contribution is 2.22. The van der Waals surface area contributed by atoms with Gasteiger partial charge in [0, 0.05) is 12.1 Å². The fourth-order valence-corrected chi connectivity index (χ4v) is 2.60. The summed E-state index contributed by atoms with van der Waals surface area (Å²) < 4.78 is 1.98. The first-order valence-corrected chi connectivity index (χ1v) is 7.36. The van der Waals surface area contributed by atoms with Crippen molar-refractivity contribution in [3.05, 3.63) is 65.5 Å². The second-order valence-corrected chi connectivity index (χ2v) is 5.32. The van der Waals surface area contributed by atoms with Crippen molar-refractivity contribution >= 4 is 17.4 Å². The average Bonchev–Trinajstić information content (AvgIpc) is 2.92. The normalized spacial score (nSPS) is 10.7. The number of pyridine rings is 1. The standard InChI is InChI=1S/C17H18N4O2/c1-12-6-5-9-15-19-14(10-13-7-3-2-4-8-13)17(21(12)15)18-11-16(22)20-23/h2-9,18,23H,10-11H2,1H3,(H,20,22). The molecule has 0 bridgehead atoms. The first-order valence-electron chi connectivity index (χ1n) is 7.36. The molecule has 0 aliphatic carbocycles. The molecular formula is C17H18N4O2. The van der Waals surface area contributed by atoms with Gasteiger partial charge in [-0.15, -0.1) is 0 Å². The number of amides is 1. The van der Waals surface area contributed by atoms with Crippen LogP contribution in [0, 0.1) is 6.92 Å². The number of hydrogen-bond donors (Lipinski definition) is 3. The molecule has 2 heterocycles. The van der Waals surface area contributed by atoms with Crippen LogP contribution in [0.2, 0.25) is 0 Å². The van der Waals surface area contributed by atoms with Crippen LogP contribution in [0.5, 0.6) is 0 Å². The Bertz CT molecular complexity index is 827. The Kier molecular flexibility index (Phi) is 4.25. The lowest BCUT2D eigenvalue weighted by molar-refractivity contribution is -0.127. The van der Waals surface area contributed by atoms with Crippen LogP contribution in [-0.4, -0.2) is 27.0 Å². The number of fused-ring (bicyclic) bond motifs is 1. The van der Waals surface area contributed by atoms with E-state index in [0.29, 0.717) is 6.42 Å². The minimum absolute atomic E-state index is 0.0274. The molecular weight excluding hydrogens is 292 g/mol. The van der Waals surface area contributed by atoms with E-state index in [1.165, 1.54) is 0 Å². The molecule has 23 heavy (non-hydrogen) atoms. The summed E-state index contributed by atoms with van der Waals surface area (Å²) in [5.41, 5.74) is 5.46. The Labute approximate surface area is 133 Å². The zero-order valence-electron chi connectivity index (χ0n) is 12.8. The van der Waals surface area contributed by atoms with Crippen molar-refractivity contribution in [1.29, 1.82) is 0 Å². The van der Waals surface area contributed by atoms with Crippen molar-refractivity contribution in [1.82, 2.24) is 14.9 Å². The Morgan fingerprint density at radius 1 is 1.17 bits per heavy atom. The molecule has 3 rings (SSSR count). The Balaban J connectivity index is 2.01. The van der Waals surface area contributed by atoms with Gasteiger partial charge in [-0.3, -0.25) is 14.4 Å². The van der Waals surface area contributed by atoms with E-state index in [2.05, 4.69) is 10.3 Å². The van der Waals surface area contributed by atoms with Gasteiger partial charge < -0.3 is 5.32 Å². The van der Waals surface area contributed by atoms with E-state index in [1.54, 1.807) is 5.48 Å². The largest absolute Gasteiger partial charge is 0.360 e. The van der Waals surface area contributed by atoms with Gasteiger partial charge in [-0.2, -0.15) is 0 Å². The lowest BCUT2D eigenvalue weighted by atomic mass is 10.1. The number of hydrogen-bond acceptors (Lipinski definition) is 4. The fourth-order valence-electron chi connectivity index (χ4n) is 2.60. The van der Waals surface area contributed by atoms with Crippen LogP contribution in [-0.2, 0) is 11.2 Å². The number of imidazole rings is 1. The van der Waals surface area contributed by atoms with E-state index >= 15 is 0 Å². The van der Waals surface area contributed by atoms with Crippen LogP contribution in [0.4, 0.5) is 5.82 Å². The van der Waals surface area contributed by atoms with Crippen LogP contribution in [0.3, 0.4) is 0 Å². The van der Waals surface area contributed by atoms with Crippen LogP contribution >= 0.6 is 0 Å². The monoisotopic (exact) mass is 310 g/mol. The zero-order valence-corrected chi connectivity index (χ0v) is 12.8. The number of rotatable bonds is 5. The van der Waals surface area contributed by atoms with E-state index in [9.17, 15) is 4.79 Å². The first-order chi connectivity index (χ1) is 11.2. The van der Waals surface area contributed by atoms with Gasteiger partial charge in [-0.1, -0.05) is 36.4 Å². The van der Waals surface area contributed by atoms with Gasteiger partial charge in [0.05, 0.1) is 12.2 Å². The molecule has 0 saturated heterocycles. The molecule has 118 valence electrons. The predicted octanol–water partition coefficient (Wildman–Crippen LogP) is 2.15. The van der Waals surface area contributed by atoms with Gasteiger partial charge in [-0.05, 0) is 24.6 Å². The number of carbonyl (C=O) groups excluding carboxylic acids is 1. The second-order valence-electron chi connectivity index (χ2n) is 5.32. The van der Waals surface area contributed by atoms with Crippen molar-refractivity contribution in [2.24, 2.45) is 0 Å². The molecule has 0 fully saturated rings. The number of carbonyl (C=O) groups is 1. The van der Waals surface area contributed by atoms with E-state index in [-0.39, 0.29) is 6.54 Å². The number of nitrogens with one attached hydrogen (secondary N) is 2. The number of hydroxylamine groups is 1. The van der Waals surface area contributed by atoms with E-state index in [0.717, 1.165) is 28.4 Å². The molecule has 3 aromatic rings. The third-order valence-corrected chi connectivity index (χ3v) is 3.67. The van der Waals surface area contributed by atoms with Crippen LogP contribution in [0.1, 0.15) is 17.0 Å². The molecule has 1 aromatic carbocycles. The summed E-state index contributed by atoms with van der Waals surface area (Å²) in [5.74, 6) is 0.268. The lowest BCUT2D eigenvalue weighted by Gasteiger charge is -2.09. The van der Waals surface area contributed by atoms with Crippen molar-refractivity contribution < 1.29 is 10.0 Å². The minimum Gasteiger partial charge on any atom is -0.360 e. The van der Waals surface area contributed by atoms with Crippen LogP contribution in [0.25, 0.3) is 5.65 Å². The molecule has 3 N–H and O–H groups in total. The molecule has 0 unspecified atom stereocenters. The zero-order chi connectivity index (χ0) is 16.2. The highest BCUT2D eigenvalue weighted by molar-refractivity contribution is 5.79. The van der Waals surface area contributed by atoms with Crippen molar-refractivity contribution in [2.75, 3.05) is 11.9 Å². The quantitative estimate of drug-likeness (QED) is 0.498. The van der Waals surface area contributed by atoms with E-state index < -0.39 is 5.91 Å². The maximum atomic E-state index is 11.3. The SMILES string of the molecule is Cc1cccc2nc(Cc3ccccc3)c(NCC(=O)NO)n12. The van der Waals surface area contributed by atoms with Crippen molar-refractivity contribution in [3.63, 3.8) is 0 Å². The molecule has 0 aliphatic rings. The van der Waals surface area contributed by atoms with Gasteiger partial charge in [0.2, 0.25) is 0 Å². The molecule has 6 heteroatoms. The molecule has 6 nitrogen and oxygen atoms in total. The molecule has 0 aliphatic heterocycles. The summed E-state index contributed by atoms with van der Waals surface area (Å²) in [6.45, 7) is 1.96. The number of anilines is 1. The molecule has 0 spiro atoms. The summed E-state index contributed by atoms with van der Waals surface area (Å²) in [5, 5.41) is 11.8. The molecule has 0 saturated carbocycles. The summed E-state index contributed by atoms with van der Waals surface area (Å²) in [6, 6.07) is 15.9. The Morgan fingerprint density at radius 3 is 2.70 bits per heavy atom. The van der Waals surface area contributed by atoms with Crippen LogP contribution in [0.15, 0.2) is 48.5 Å². The van der Waals surface area contributed by atoms with Gasteiger partial charge >= 0.3 is 0 Å². The third kappa shape index (κ3) is 3.17.